The summed E-state index contributed by atoms with van der Waals surface area (Å²) in [6.07, 6.45) is -2.54. The Morgan fingerprint density at radius 1 is 1.12 bits per heavy atom. The van der Waals surface area contributed by atoms with Gasteiger partial charge in [-0.3, -0.25) is 9.59 Å². The predicted octanol–water partition coefficient (Wildman–Crippen LogP) is 7.31. The summed E-state index contributed by atoms with van der Waals surface area (Å²) in [5, 5.41) is 2.85. The molecule has 0 spiro atoms. The number of carbonyl (C=O) groups excluding carboxylic acids is 2. The van der Waals surface area contributed by atoms with Crippen molar-refractivity contribution in [2.45, 2.75) is 70.6 Å². The molecule has 0 bridgehead atoms. The predicted molar refractivity (Wildman–Crippen MR) is 149 cm³/mol. The topological polar surface area (TPSA) is 67.9 Å². The minimum Gasteiger partial charge on any atom is -0.490 e. The van der Waals surface area contributed by atoms with Gasteiger partial charge in [0.1, 0.15) is 18.0 Å². The second-order valence-corrected chi connectivity index (χ2v) is 12.2. The molecule has 2 aromatic rings. The zero-order valence-corrected chi connectivity index (χ0v) is 24.2. The standard InChI is InChI=1S/C30H36ClF3N2O4/c1-17(30(32,33)34)27(20-9-11-24-25(15-20)39-13-12-36(24)5)28(38)35-23-14-19(8-10-22(23)31)21(18-6-7-18)16-26(37)40-29(2,3)4/h8-11,14-15,17-18,21,27H,6-7,12-13,16H2,1-5H3,(H,35,38)/t17-,21+,27?/m1/s1. The number of fused-ring (bicyclic) bond motifs is 1. The molecule has 1 unspecified atom stereocenters. The molecule has 6 nitrogen and oxygen atoms in total. The SMILES string of the molecule is C[C@H](C(C(=O)Nc1cc([C@@H](CC(=O)OC(C)(C)C)C2CC2)ccc1Cl)c1ccc2c(c1)OCCN2C)C(F)(F)F. The summed E-state index contributed by atoms with van der Waals surface area (Å²) in [6, 6.07) is 9.78. The Hall–Kier alpha value is -2.94. The summed E-state index contributed by atoms with van der Waals surface area (Å²) >= 11 is 6.41. The molecular weight excluding hydrogens is 545 g/mol. The Morgan fingerprint density at radius 2 is 1.80 bits per heavy atom. The van der Waals surface area contributed by atoms with Gasteiger partial charge < -0.3 is 19.7 Å². The van der Waals surface area contributed by atoms with E-state index in [1.165, 1.54) is 6.07 Å². The van der Waals surface area contributed by atoms with Gasteiger partial charge in [0.05, 0.1) is 41.2 Å². The second-order valence-electron chi connectivity index (χ2n) is 11.8. The molecular formula is C30H36ClF3N2O4. The number of halogens is 4. The highest BCUT2D eigenvalue weighted by molar-refractivity contribution is 6.33. The van der Waals surface area contributed by atoms with Gasteiger partial charge in [0, 0.05) is 7.05 Å². The van der Waals surface area contributed by atoms with Crippen LogP contribution in [0.25, 0.3) is 0 Å². The van der Waals surface area contributed by atoms with Crippen molar-refractivity contribution in [1.82, 2.24) is 0 Å². The molecule has 10 heteroatoms. The van der Waals surface area contributed by atoms with Crippen molar-refractivity contribution in [3.05, 3.63) is 52.5 Å². The number of carbonyl (C=O) groups is 2. The maximum absolute atomic E-state index is 14.0. The van der Waals surface area contributed by atoms with Crippen LogP contribution in [0.3, 0.4) is 0 Å². The number of anilines is 2. The fourth-order valence-electron chi connectivity index (χ4n) is 5.12. The molecule has 1 saturated carbocycles. The van der Waals surface area contributed by atoms with Gasteiger partial charge >= 0.3 is 12.1 Å². The van der Waals surface area contributed by atoms with Gasteiger partial charge in [0.2, 0.25) is 5.91 Å². The third-order valence-electron chi connectivity index (χ3n) is 7.41. The zero-order chi connectivity index (χ0) is 29.4. The second kappa shape index (κ2) is 11.5. The third-order valence-corrected chi connectivity index (χ3v) is 7.74. The minimum atomic E-state index is -4.62. The molecule has 0 radical (unpaired) electrons. The van der Waals surface area contributed by atoms with Crippen LogP contribution in [0.2, 0.25) is 5.02 Å². The lowest BCUT2D eigenvalue weighted by molar-refractivity contribution is -0.178. The number of benzene rings is 2. The van der Waals surface area contributed by atoms with E-state index in [0.717, 1.165) is 31.0 Å². The van der Waals surface area contributed by atoms with Crippen LogP contribution in [0.4, 0.5) is 24.5 Å². The summed E-state index contributed by atoms with van der Waals surface area (Å²) in [5.41, 5.74) is 1.31. The molecule has 40 heavy (non-hydrogen) atoms. The Labute approximate surface area is 238 Å². The number of ether oxygens (including phenoxy) is 2. The van der Waals surface area contributed by atoms with Gasteiger partial charge in [-0.25, -0.2) is 0 Å². The van der Waals surface area contributed by atoms with E-state index in [-0.39, 0.29) is 40.5 Å². The van der Waals surface area contributed by atoms with Gasteiger partial charge in [0.15, 0.2) is 0 Å². The number of amides is 1. The van der Waals surface area contributed by atoms with E-state index < -0.39 is 29.5 Å². The summed E-state index contributed by atoms with van der Waals surface area (Å²) < 4.78 is 53.1. The van der Waals surface area contributed by atoms with E-state index in [4.69, 9.17) is 21.1 Å². The van der Waals surface area contributed by atoms with Crippen LogP contribution < -0.4 is 15.0 Å². The number of likely N-dealkylation sites (N-methyl/N-ethyl adjacent to an activating group) is 1. The number of rotatable bonds is 8. The first-order valence-corrected chi connectivity index (χ1v) is 13.9. The van der Waals surface area contributed by atoms with E-state index in [9.17, 15) is 22.8 Å². The van der Waals surface area contributed by atoms with Gasteiger partial charge in [-0.15, -0.1) is 0 Å². The minimum absolute atomic E-state index is 0.151. The monoisotopic (exact) mass is 580 g/mol. The van der Waals surface area contributed by atoms with Crippen LogP contribution in [0.1, 0.15) is 69.9 Å². The lowest BCUT2D eigenvalue weighted by Gasteiger charge is -2.30. The van der Waals surface area contributed by atoms with E-state index in [1.54, 1.807) is 51.1 Å². The normalized spacial score (nSPS) is 17.8. The molecule has 1 aliphatic heterocycles. The Morgan fingerprint density at radius 3 is 2.42 bits per heavy atom. The molecule has 218 valence electrons. The van der Waals surface area contributed by atoms with E-state index in [0.29, 0.717) is 18.9 Å². The van der Waals surface area contributed by atoms with Crippen LogP contribution >= 0.6 is 11.6 Å². The molecule has 1 amide bonds. The molecule has 2 aromatic carbocycles. The molecule has 3 atom stereocenters. The maximum Gasteiger partial charge on any atom is 0.392 e. The molecule has 1 fully saturated rings. The lowest BCUT2D eigenvalue weighted by atomic mass is 9.85. The van der Waals surface area contributed by atoms with Crippen molar-refractivity contribution in [1.29, 1.82) is 0 Å². The van der Waals surface area contributed by atoms with E-state index in [1.807, 2.05) is 11.9 Å². The third kappa shape index (κ3) is 7.22. The lowest BCUT2D eigenvalue weighted by Crippen LogP contribution is -2.35. The van der Waals surface area contributed by atoms with E-state index in [2.05, 4.69) is 5.32 Å². The van der Waals surface area contributed by atoms with Crippen molar-refractivity contribution in [3.63, 3.8) is 0 Å². The van der Waals surface area contributed by atoms with Crippen molar-refractivity contribution >= 4 is 34.9 Å². The smallest absolute Gasteiger partial charge is 0.392 e. The van der Waals surface area contributed by atoms with Crippen molar-refractivity contribution in [3.8, 4) is 5.75 Å². The average Bonchev–Trinajstić information content (AvgIpc) is 3.68. The number of nitrogens with one attached hydrogen (secondary N) is 1. The van der Waals surface area contributed by atoms with Gasteiger partial charge in [-0.05, 0) is 80.8 Å². The molecule has 2 aliphatic rings. The number of nitrogens with zero attached hydrogens (tertiary/aromatic N) is 1. The quantitative estimate of drug-likeness (QED) is 0.332. The highest BCUT2D eigenvalue weighted by Gasteiger charge is 2.45. The molecule has 0 saturated heterocycles. The Kier molecular flexibility index (Phi) is 8.64. The van der Waals surface area contributed by atoms with E-state index >= 15 is 0 Å². The van der Waals surface area contributed by atoms with Crippen molar-refractivity contribution < 1.29 is 32.2 Å². The molecule has 0 aromatic heterocycles. The Bertz CT molecular complexity index is 1260. The first kappa shape index (κ1) is 30.0. The van der Waals surface area contributed by atoms with Crippen LogP contribution in [-0.2, 0) is 14.3 Å². The van der Waals surface area contributed by atoms with Gasteiger partial charge in [-0.1, -0.05) is 30.7 Å². The largest absolute Gasteiger partial charge is 0.490 e. The van der Waals surface area contributed by atoms with Crippen LogP contribution in [0.5, 0.6) is 5.75 Å². The van der Waals surface area contributed by atoms with Crippen molar-refractivity contribution in [2.24, 2.45) is 11.8 Å². The van der Waals surface area contributed by atoms with Crippen LogP contribution in [0.15, 0.2) is 36.4 Å². The highest BCUT2D eigenvalue weighted by Crippen LogP contribution is 2.46. The van der Waals surface area contributed by atoms with Gasteiger partial charge in [0.25, 0.3) is 0 Å². The molecule has 4 rings (SSSR count). The number of esters is 1. The summed E-state index contributed by atoms with van der Waals surface area (Å²) in [7, 11) is 1.87. The van der Waals surface area contributed by atoms with Crippen LogP contribution in [-0.4, -0.2) is 43.9 Å². The molecule has 1 N–H and O–H groups in total. The highest BCUT2D eigenvalue weighted by atomic mass is 35.5. The molecule has 1 heterocycles. The fraction of sp³-hybridized carbons (Fsp3) is 0.533. The summed E-state index contributed by atoms with van der Waals surface area (Å²) in [4.78, 5) is 28.1. The average molecular weight is 581 g/mol. The molecule has 1 aliphatic carbocycles. The number of alkyl halides is 3. The first-order chi connectivity index (χ1) is 18.6. The number of hydrogen-bond acceptors (Lipinski definition) is 5. The number of hydrogen-bond donors (Lipinski definition) is 1. The maximum atomic E-state index is 14.0. The van der Waals surface area contributed by atoms with Gasteiger partial charge in [-0.2, -0.15) is 13.2 Å². The zero-order valence-electron chi connectivity index (χ0n) is 23.4. The summed E-state index contributed by atoms with van der Waals surface area (Å²) in [6.45, 7) is 7.46. The fourth-order valence-corrected chi connectivity index (χ4v) is 5.29. The van der Waals surface area contributed by atoms with Crippen LogP contribution in [0, 0.1) is 11.8 Å². The van der Waals surface area contributed by atoms with Crippen molar-refractivity contribution in [2.75, 3.05) is 30.4 Å². The summed E-state index contributed by atoms with van der Waals surface area (Å²) in [5.74, 6) is -4.10. The first-order valence-electron chi connectivity index (χ1n) is 13.5. The Balaban J connectivity index is 1.62.